The second kappa shape index (κ2) is 6.11. The number of anilines is 2. The molecule has 0 aliphatic carbocycles. The zero-order valence-corrected chi connectivity index (χ0v) is 11.8. The van der Waals surface area contributed by atoms with E-state index in [1.807, 2.05) is 0 Å². The molecule has 0 bridgehead atoms. The number of benzene rings is 2. The van der Waals surface area contributed by atoms with Gasteiger partial charge in [-0.1, -0.05) is 35.3 Å². The van der Waals surface area contributed by atoms with Gasteiger partial charge in [0.25, 0.3) is 0 Å². The molecule has 3 N–H and O–H groups in total. The van der Waals surface area contributed by atoms with Crippen LogP contribution in [0.3, 0.4) is 0 Å². The van der Waals surface area contributed by atoms with Crippen LogP contribution in [0.4, 0.5) is 15.8 Å². The Balaban J connectivity index is 2.09. The van der Waals surface area contributed by atoms with Crippen molar-refractivity contribution in [2.45, 2.75) is 6.42 Å². The quantitative estimate of drug-likeness (QED) is 0.845. The third-order valence-electron chi connectivity index (χ3n) is 2.62. The van der Waals surface area contributed by atoms with Crippen LogP contribution < -0.4 is 11.1 Å². The predicted octanol–water partition coefficient (Wildman–Crippen LogP) is 3.90. The maximum absolute atomic E-state index is 13.0. The first kappa shape index (κ1) is 14.6. The number of rotatable bonds is 3. The van der Waals surface area contributed by atoms with Crippen molar-refractivity contribution in [3.05, 3.63) is 57.8 Å². The highest BCUT2D eigenvalue weighted by atomic mass is 35.5. The molecule has 6 heteroatoms. The van der Waals surface area contributed by atoms with Gasteiger partial charge < -0.3 is 11.1 Å². The molecule has 2 aromatic carbocycles. The van der Waals surface area contributed by atoms with Crippen molar-refractivity contribution in [3.8, 4) is 0 Å². The predicted molar refractivity (Wildman–Crippen MR) is 79.6 cm³/mol. The molecular weight excluding hydrogens is 302 g/mol. The third-order valence-corrected chi connectivity index (χ3v) is 3.24. The van der Waals surface area contributed by atoms with Gasteiger partial charge in [-0.3, -0.25) is 4.79 Å². The van der Waals surface area contributed by atoms with E-state index in [0.29, 0.717) is 11.3 Å². The summed E-state index contributed by atoms with van der Waals surface area (Å²) in [5, 5.41) is 3.16. The van der Waals surface area contributed by atoms with Crippen molar-refractivity contribution < 1.29 is 9.18 Å². The lowest BCUT2D eigenvalue weighted by Crippen LogP contribution is -2.14. The molecule has 20 heavy (non-hydrogen) atoms. The number of hydrogen-bond acceptors (Lipinski definition) is 2. The van der Waals surface area contributed by atoms with Crippen molar-refractivity contribution >= 4 is 40.5 Å². The minimum absolute atomic E-state index is 0.0530. The molecule has 0 heterocycles. The monoisotopic (exact) mass is 312 g/mol. The van der Waals surface area contributed by atoms with E-state index in [1.165, 1.54) is 24.3 Å². The number of carbonyl (C=O) groups is 1. The molecule has 0 aromatic heterocycles. The molecule has 1 amide bonds. The number of amides is 1. The normalized spacial score (nSPS) is 10.3. The fraction of sp³-hybridized carbons (Fsp3) is 0.0714. The van der Waals surface area contributed by atoms with Crippen LogP contribution in [0.15, 0.2) is 36.4 Å². The van der Waals surface area contributed by atoms with Gasteiger partial charge in [0, 0.05) is 5.69 Å². The lowest BCUT2D eigenvalue weighted by Gasteiger charge is -2.08. The largest absolute Gasteiger partial charge is 0.396 e. The smallest absolute Gasteiger partial charge is 0.228 e. The molecular formula is C14H11Cl2FN2O. The van der Waals surface area contributed by atoms with Crippen molar-refractivity contribution in [2.75, 3.05) is 11.1 Å². The van der Waals surface area contributed by atoms with E-state index in [4.69, 9.17) is 28.9 Å². The molecule has 104 valence electrons. The first-order valence-corrected chi connectivity index (χ1v) is 6.50. The number of nitrogen functional groups attached to an aromatic ring is 1. The Hall–Kier alpha value is -1.78. The second-order valence-corrected chi connectivity index (χ2v) is 5.02. The van der Waals surface area contributed by atoms with Crippen LogP contribution >= 0.6 is 23.2 Å². The molecule has 0 saturated carbocycles. The van der Waals surface area contributed by atoms with Gasteiger partial charge in [-0.15, -0.1) is 0 Å². The van der Waals surface area contributed by atoms with Gasteiger partial charge >= 0.3 is 0 Å². The standard InChI is InChI=1S/C14H11Cl2FN2O/c15-11-6-10(7-12(16)14(11)18)19-13(20)5-8-2-1-3-9(17)4-8/h1-4,6-7H,5,18H2,(H,19,20). The average Bonchev–Trinajstić information content (AvgIpc) is 2.35. The van der Waals surface area contributed by atoms with Crippen LogP contribution in [0, 0.1) is 5.82 Å². The zero-order valence-electron chi connectivity index (χ0n) is 10.3. The minimum atomic E-state index is -0.381. The molecule has 0 saturated heterocycles. The Bertz CT molecular complexity index is 638. The molecule has 2 aromatic rings. The number of hydrogen-bond donors (Lipinski definition) is 2. The topological polar surface area (TPSA) is 55.1 Å². The zero-order chi connectivity index (χ0) is 14.7. The molecule has 0 aliphatic heterocycles. The SMILES string of the molecule is Nc1c(Cl)cc(NC(=O)Cc2cccc(F)c2)cc1Cl. The fourth-order valence-corrected chi connectivity index (χ4v) is 2.18. The summed E-state index contributed by atoms with van der Waals surface area (Å²) < 4.78 is 13.0. The van der Waals surface area contributed by atoms with Gasteiger partial charge in [-0.2, -0.15) is 0 Å². The van der Waals surface area contributed by atoms with E-state index < -0.39 is 0 Å². The Morgan fingerprint density at radius 2 is 1.85 bits per heavy atom. The fourth-order valence-electron chi connectivity index (χ4n) is 1.69. The van der Waals surface area contributed by atoms with Crippen LogP contribution in [0.5, 0.6) is 0 Å². The Labute approximate surface area is 125 Å². The minimum Gasteiger partial charge on any atom is -0.396 e. The Morgan fingerprint density at radius 1 is 1.20 bits per heavy atom. The summed E-state index contributed by atoms with van der Waals surface area (Å²) in [5.74, 6) is -0.679. The molecule has 0 unspecified atom stereocenters. The summed E-state index contributed by atoms with van der Waals surface area (Å²) in [7, 11) is 0. The lowest BCUT2D eigenvalue weighted by molar-refractivity contribution is -0.115. The molecule has 0 aliphatic rings. The summed E-state index contributed by atoms with van der Waals surface area (Å²) in [6, 6.07) is 8.86. The molecule has 2 rings (SSSR count). The van der Waals surface area contributed by atoms with Gasteiger partial charge in [0.2, 0.25) is 5.91 Å². The molecule has 0 radical (unpaired) electrons. The second-order valence-electron chi connectivity index (χ2n) is 4.21. The van der Waals surface area contributed by atoms with Crippen molar-refractivity contribution in [1.29, 1.82) is 0 Å². The van der Waals surface area contributed by atoms with Crippen LogP contribution in [0.25, 0.3) is 0 Å². The van der Waals surface area contributed by atoms with Gasteiger partial charge in [0.05, 0.1) is 22.2 Å². The van der Waals surface area contributed by atoms with E-state index >= 15 is 0 Å². The van der Waals surface area contributed by atoms with Crippen LogP contribution in [-0.2, 0) is 11.2 Å². The number of carbonyl (C=O) groups excluding carboxylic acids is 1. The van der Waals surface area contributed by atoms with Gasteiger partial charge in [-0.25, -0.2) is 4.39 Å². The highest BCUT2D eigenvalue weighted by Gasteiger charge is 2.09. The van der Waals surface area contributed by atoms with Crippen molar-refractivity contribution in [1.82, 2.24) is 0 Å². The van der Waals surface area contributed by atoms with Gasteiger partial charge in [-0.05, 0) is 29.8 Å². The van der Waals surface area contributed by atoms with Crippen molar-refractivity contribution in [2.24, 2.45) is 0 Å². The summed E-state index contributed by atoms with van der Waals surface area (Å²) in [6.07, 6.45) is 0.0530. The number of halogens is 3. The van der Waals surface area contributed by atoms with Crippen LogP contribution in [-0.4, -0.2) is 5.91 Å². The Morgan fingerprint density at radius 3 is 2.45 bits per heavy atom. The Kier molecular flexibility index (Phi) is 4.47. The first-order chi connectivity index (χ1) is 9.45. The van der Waals surface area contributed by atoms with E-state index in [-0.39, 0.29) is 33.9 Å². The highest BCUT2D eigenvalue weighted by molar-refractivity contribution is 6.39. The van der Waals surface area contributed by atoms with Crippen LogP contribution in [0.1, 0.15) is 5.56 Å². The summed E-state index contributed by atoms with van der Waals surface area (Å²) in [5.41, 5.74) is 6.88. The first-order valence-electron chi connectivity index (χ1n) is 5.74. The lowest BCUT2D eigenvalue weighted by atomic mass is 10.1. The summed E-state index contributed by atoms with van der Waals surface area (Å²) >= 11 is 11.7. The van der Waals surface area contributed by atoms with Crippen LogP contribution in [0.2, 0.25) is 10.0 Å². The van der Waals surface area contributed by atoms with E-state index in [0.717, 1.165) is 0 Å². The molecule has 0 fully saturated rings. The summed E-state index contributed by atoms with van der Waals surface area (Å²) in [4.78, 5) is 11.8. The summed E-state index contributed by atoms with van der Waals surface area (Å²) in [6.45, 7) is 0. The average molecular weight is 313 g/mol. The molecule has 3 nitrogen and oxygen atoms in total. The van der Waals surface area contributed by atoms with E-state index in [9.17, 15) is 9.18 Å². The maximum atomic E-state index is 13.0. The molecule has 0 spiro atoms. The van der Waals surface area contributed by atoms with Crippen molar-refractivity contribution in [3.63, 3.8) is 0 Å². The number of nitrogens with two attached hydrogens (primary N) is 1. The molecule has 0 atom stereocenters. The van der Waals surface area contributed by atoms with E-state index in [2.05, 4.69) is 5.32 Å². The van der Waals surface area contributed by atoms with Gasteiger partial charge in [0.15, 0.2) is 0 Å². The highest BCUT2D eigenvalue weighted by Crippen LogP contribution is 2.31. The van der Waals surface area contributed by atoms with E-state index in [1.54, 1.807) is 12.1 Å². The third kappa shape index (κ3) is 3.62. The van der Waals surface area contributed by atoms with Gasteiger partial charge in [0.1, 0.15) is 5.82 Å². The number of nitrogens with one attached hydrogen (secondary N) is 1. The maximum Gasteiger partial charge on any atom is 0.228 e.